The van der Waals surface area contributed by atoms with Gasteiger partial charge in [0, 0.05) is 44.9 Å². The van der Waals surface area contributed by atoms with Crippen molar-refractivity contribution in [3.05, 3.63) is 111 Å². The van der Waals surface area contributed by atoms with E-state index in [1.165, 1.54) is 29.5 Å². The number of hydrogen-bond acceptors (Lipinski definition) is 7. The lowest BCUT2D eigenvalue weighted by molar-refractivity contribution is -0.384. The van der Waals surface area contributed by atoms with Crippen LogP contribution in [0.25, 0.3) is 6.08 Å². The first kappa shape index (κ1) is 24.7. The highest BCUT2D eigenvalue weighted by molar-refractivity contribution is 8.18. The van der Waals surface area contributed by atoms with E-state index in [0.29, 0.717) is 17.3 Å². The Morgan fingerprint density at radius 3 is 2.30 bits per heavy atom. The van der Waals surface area contributed by atoms with Crippen LogP contribution in [0.15, 0.2) is 88.8 Å². The number of nitro groups is 1. The molecule has 0 spiro atoms. The maximum atomic E-state index is 12.5. The largest absolute Gasteiger partial charge is 0.489 e. The van der Waals surface area contributed by atoms with E-state index in [2.05, 4.69) is 39.1 Å². The topological polar surface area (TPSA) is 88.3 Å². The van der Waals surface area contributed by atoms with Crippen LogP contribution < -0.4 is 4.74 Å². The lowest BCUT2D eigenvalue weighted by atomic mass is 10.2. The number of rotatable bonds is 7. The summed E-state index contributed by atoms with van der Waals surface area (Å²) in [6, 6.07) is 24.2. The molecule has 8 nitrogen and oxygen atoms in total. The second-order valence-electron chi connectivity index (χ2n) is 8.84. The van der Waals surface area contributed by atoms with E-state index in [4.69, 9.17) is 4.74 Å². The third-order valence-electron chi connectivity index (χ3n) is 6.23. The van der Waals surface area contributed by atoms with E-state index < -0.39 is 4.92 Å². The van der Waals surface area contributed by atoms with Gasteiger partial charge in [-0.3, -0.25) is 19.8 Å². The van der Waals surface area contributed by atoms with Crippen molar-refractivity contribution in [1.82, 2.24) is 9.80 Å². The van der Waals surface area contributed by atoms with Crippen LogP contribution in [0, 0.1) is 10.1 Å². The first-order valence-electron chi connectivity index (χ1n) is 12.0. The van der Waals surface area contributed by atoms with Crippen molar-refractivity contribution in [2.75, 3.05) is 26.2 Å². The number of carbonyl (C=O) groups is 1. The van der Waals surface area contributed by atoms with Crippen LogP contribution in [0.1, 0.15) is 16.7 Å². The predicted molar refractivity (Wildman–Crippen MR) is 145 cm³/mol. The molecule has 1 saturated heterocycles. The normalized spacial score (nSPS) is 17.2. The molecule has 0 aromatic heterocycles. The lowest BCUT2D eigenvalue weighted by Gasteiger charge is -2.35. The van der Waals surface area contributed by atoms with Gasteiger partial charge in [0.05, 0.1) is 9.83 Å². The first-order chi connectivity index (χ1) is 18.0. The van der Waals surface area contributed by atoms with Crippen molar-refractivity contribution in [2.45, 2.75) is 13.2 Å². The molecule has 0 aliphatic carbocycles. The van der Waals surface area contributed by atoms with Crippen LogP contribution in [-0.2, 0) is 17.9 Å². The van der Waals surface area contributed by atoms with Crippen molar-refractivity contribution >= 4 is 34.6 Å². The molecule has 188 valence electrons. The van der Waals surface area contributed by atoms with Crippen molar-refractivity contribution in [3.8, 4) is 5.75 Å². The number of non-ortho nitro benzene ring substituents is 1. The van der Waals surface area contributed by atoms with Gasteiger partial charge >= 0.3 is 0 Å². The van der Waals surface area contributed by atoms with Crippen LogP contribution >= 0.6 is 11.8 Å². The monoisotopic (exact) mass is 514 g/mol. The summed E-state index contributed by atoms with van der Waals surface area (Å²) in [4.78, 5) is 32.4. The number of nitrogens with zero attached hydrogens (tertiary/aromatic N) is 4. The van der Waals surface area contributed by atoms with E-state index in [1.807, 2.05) is 36.4 Å². The highest BCUT2D eigenvalue weighted by Gasteiger charge is 2.28. The van der Waals surface area contributed by atoms with Crippen molar-refractivity contribution in [1.29, 1.82) is 0 Å². The predicted octanol–water partition coefficient (Wildman–Crippen LogP) is 4.96. The molecule has 0 bridgehead atoms. The Morgan fingerprint density at radius 2 is 1.62 bits per heavy atom. The van der Waals surface area contributed by atoms with E-state index in [1.54, 1.807) is 12.1 Å². The third-order valence-corrected chi connectivity index (χ3v) is 7.28. The van der Waals surface area contributed by atoms with Crippen molar-refractivity contribution in [3.63, 3.8) is 0 Å². The molecule has 9 heteroatoms. The zero-order valence-electron chi connectivity index (χ0n) is 20.2. The van der Waals surface area contributed by atoms with Gasteiger partial charge in [-0.2, -0.15) is 4.99 Å². The second kappa shape index (κ2) is 11.4. The Balaban J connectivity index is 1.12. The number of carbonyl (C=O) groups excluding carboxylic acids is 1. The number of ether oxygens (including phenoxy) is 1. The van der Waals surface area contributed by atoms with Gasteiger partial charge in [0.15, 0.2) is 5.17 Å². The maximum Gasteiger partial charge on any atom is 0.286 e. The Kier molecular flexibility index (Phi) is 7.62. The summed E-state index contributed by atoms with van der Waals surface area (Å²) in [7, 11) is 0. The molecule has 2 aliphatic heterocycles. The maximum absolute atomic E-state index is 12.5. The number of thioether (sulfide) groups is 1. The van der Waals surface area contributed by atoms with Gasteiger partial charge < -0.3 is 9.64 Å². The number of piperazine rings is 1. The number of benzene rings is 3. The SMILES string of the molecule is O=C1N=C(N2CCN(Cc3ccccc3)CC2)SC1=Cc1ccc(OCc2ccc([N+](=O)[O-])cc2)cc1. The summed E-state index contributed by atoms with van der Waals surface area (Å²) < 4.78 is 5.79. The smallest absolute Gasteiger partial charge is 0.286 e. The van der Waals surface area contributed by atoms with E-state index in [9.17, 15) is 14.9 Å². The van der Waals surface area contributed by atoms with Crippen LogP contribution in [0.4, 0.5) is 5.69 Å². The van der Waals surface area contributed by atoms with Crippen LogP contribution in [0.3, 0.4) is 0 Å². The summed E-state index contributed by atoms with van der Waals surface area (Å²) in [5, 5.41) is 11.5. The fourth-order valence-corrected chi connectivity index (χ4v) is 5.13. The molecular formula is C28H26N4O4S. The Labute approximate surface area is 219 Å². The zero-order valence-corrected chi connectivity index (χ0v) is 21.0. The van der Waals surface area contributed by atoms with Crippen LogP contribution in [0.2, 0.25) is 0 Å². The van der Waals surface area contributed by atoms with E-state index >= 15 is 0 Å². The number of hydrogen-bond donors (Lipinski definition) is 0. The Hall–Kier alpha value is -3.95. The van der Waals surface area contributed by atoms with Crippen LogP contribution in [0.5, 0.6) is 5.75 Å². The fraction of sp³-hybridized carbons (Fsp3) is 0.214. The minimum atomic E-state index is -0.424. The molecule has 0 atom stereocenters. The third kappa shape index (κ3) is 6.44. The molecule has 0 N–H and O–H groups in total. The van der Waals surface area contributed by atoms with Crippen molar-refractivity contribution < 1.29 is 14.5 Å². The van der Waals surface area contributed by atoms with E-state index in [-0.39, 0.29) is 11.6 Å². The van der Waals surface area contributed by atoms with Gasteiger partial charge in [-0.15, -0.1) is 0 Å². The molecule has 3 aromatic rings. The molecule has 1 amide bonds. The average molecular weight is 515 g/mol. The summed E-state index contributed by atoms with van der Waals surface area (Å²) in [5.74, 6) is 0.474. The average Bonchev–Trinajstić information content (AvgIpc) is 3.29. The highest BCUT2D eigenvalue weighted by atomic mass is 32.2. The summed E-state index contributed by atoms with van der Waals surface area (Å²) in [5.41, 5.74) is 3.10. The number of amidine groups is 1. The molecular weight excluding hydrogens is 488 g/mol. The molecule has 5 rings (SSSR count). The molecule has 0 saturated carbocycles. The van der Waals surface area contributed by atoms with Gasteiger partial charge in [-0.25, -0.2) is 0 Å². The molecule has 1 fully saturated rings. The summed E-state index contributed by atoms with van der Waals surface area (Å²) >= 11 is 1.43. The van der Waals surface area contributed by atoms with Gasteiger partial charge in [0.1, 0.15) is 12.4 Å². The first-order valence-corrected chi connectivity index (χ1v) is 12.9. The van der Waals surface area contributed by atoms with E-state index in [0.717, 1.165) is 49.0 Å². The Bertz CT molecular complexity index is 1320. The number of amides is 1. The van der Waals surface area contributed by atoms with Gasteiger partial charge in [0.2, 0.25) is 0 Å². The lowest BCUT2D eigenvalue weighted by Crippen LogP contribution is -2.47. The molecule has 2 aliphatic rings. The quantitative estimate of drug-likeness (QED) is 0.250. The molecule has 0 radical (unpaired) electrons. The fourth-order valence-electron chi connectivity index (χ4n) is 4.16. The van der Waals surface area contributed by atoms with Gasteiger partial charge in [-0.05, 0) is 58.8 Å². The minimum Gasteiger partial charge on any atom is -0.489 e. The summed E-state index contributed by atoms with van der Waals surface area (Å²) in [6.45, 7) is 4.81. The van der Waals surface area contributed by atoms with Gasteiger partial charge in [0.25, 0.3) is 11.6 Å². The molecule has 3 aromatic carbocycles. The molecule has 2 heterocycles. The number of aliphatic imine (C=N–C) groups is 1. The molecule has 37 heavy (non-hydrogen) atoms. The summed E-state index contributed by atoms with van der Waals surface area (Å²) in [6.07, 6.45) is 1.86. The van der Waals surface area contributed by atoms with Crippen molar-refractivity contribution in [2.24, 2.45) is 4.99 Å². The number of nitro benzene ring substituents is 1. The highest BCUT2D eigenvalue weighted by Crippen LogP contribution is 2.31. The standard InChI is InChI=1S/C28H26N4O4S/c33-27-26(37-28(29-27)31-16-14-30(15-17-31)19-22-4-2-1-3-5-22)18-21-8-12-25(13-9-21)36-20-23-6-10-24(11-7-23)32(34)35/h1-13,18H,14-17,19-20H2. The zero-order chi connectivity index (χ0) is 25.6. The Morgan fingerprint density at radius 1 is 0.919 bits per heavy atom. The second-order valence-corrected chi connectivity index (χ2v) is 9.85. The van der Waals surface area contributed by atoms with Gasteiger partial charge in [-0.1, -0.05) is 42.5 Å². The molecule has 0 unspecified atom stereocenters. The van der Waals surface area contributed by atoms with Crippen LogP contribution in [-0.4, -0.2) is 52.0 Å². The minimum absolute atomic E-state index is 0.0536.